The lowest BCUT2D eigenvalue weighted by Gasteiger charge is -2.05. The van der Waals surface area contributed by atoms with Crippen LogP contribution >= 0.6 is 0 Å². The van der Waals surface area contributed by atoms with Crippen molar-refractivity contribution in [1.82, 2.24) is 0 Å². The van der Waals surface area contributed by atoms with Crippen LogP contribution in [0.25, 0.3) is 0 Å². The first-order valence-corrected chi connectivity index (χ1v) is 5.23. The van der Waals surface area contributed by atoms with Gasteiger partial charge in [-0.2, -0.15) is 5.26 Å². The van der Waals surface area contributed by atoms with Gasteiger partial charge < -0.3 is 10.5 Å². The Bertz CT molecular complexity index is 583. The second-order valence-corrected chi connectivity index (χ2v) is 3.61. The van der Waals surface area contributed by atoms with Crippen molar-refractivity contribution in [2.45, 2.75) is 6.92 Å². The number of hydrogen-bond acceptors (Lipinski definition) is 6. The highest BCUT2D eigenvalue weighted by atomic mass is 16.6. The molecule has 1 aromatic rings. The van der Waals surface area contributed by atoms with Gasteiger partial charge in [0.25, 0.3) is 0 Å². The summed E-state index contributed by atoms with van der Waals surface area (Å²) in [4.78, 5) is 21.7. The van der Waals surface area contributed by atoms with E-state index >= 15 is 0 Å². The Hall–Kier alpha value is -2.88. The Morgan fingerprint density at radius 3 is 2.68 bits per heavy atom. The van der Waals surface area contributed by atoms with E-state index in [0.717, 1.165) is 0 Å². The second-order valence-electron chi connectivity index (χ2n) is 3.61. The van der Waals surface area contributed by atoms with E-state index in [1.165, 1.54) is 25.1 Å². The largest absolute Gasteiger partial charge is 0.478 e. The third kappa shape index (κ3) is 3.54. The lowest BCUT2D eigenvalue weighted by molar-refractivity contribution is -0.385. The van der Waals surface area contributed by atoms with E-state index in [1.807, 2.05) is 0 Å². The van der Waals surface area contributed by atoms with Crippen molar-refractivity contribution in [3.05, 3.63) is 45.6 Å². The molecule has 1 rings (SSSR count). The molecule has 0 unspecified atom stereocenters. The highest BCUT2D eigenvalue weighted by molar-refractivity contribution is 6.00. The van der Waals surface area contributed by atoms with Crippen molar-refractivity contribution >= 4 is 11.5 Å². The minimum Gasteiger partial charge on any atom is -0.478 e. The quantitative estimate of drug-likeness (QED) is 0.369. The SMILES string of the molecule is C/C(N)=C(/C#N)C(=O)COc1ccccc1[N+](=O)[O-]. The number of ketones is 1. The van der Waals surface area contributed by atoms with E-state index in [4.69, 9.17) is 15.7 Å². The summed E-state index contributed by atoms with van der Waals surface area (Å²) in [6.45, 7) is 0.934. The summed E-state index contributed by atoms with van der Waals surface area (Å²) in [6, 6.07) is 7.32. The van der Waals surface area contributed by atoms with Gasteiger partial charge in [0.15, 0.2) is 12.4 Å². The van der Waals surface area contributed by atoms with Crippen LogP contribution in [0.3, 0.4) is 0 Å². The van der Waals surface area contributed by atoms with E-state index in [-0.39, 0.29) is 22.7 Å². The Kier molecular flexibility index (Phi) is 4.60. The maximum absolute atomic E-state index is 11.6. The molecule has 0 fully saturated rings. The van der Waals surface area contributed by atoms with Crippen LogP contribution in [0.5, 0.6) is 5.75 Å². The summed E-state index contributed by atoms with van der Waals surface area (Å²) in [6.07, 6.45) is 0. The van der Waals surface area contributed by atoms with Crippen LogP contribution < -0.4 is 10.5 Å². The van der Waals surface area contributed by atoms with Gasteiger partial charge >= 0.3 is 5.69 Å². The number of rotatable bonds is 5. The molecular weight excluding hydrogens is 250 g/mol. The monoisotopic (exact) mass is 261 g/mol. The summed E-state index contributed by atoms with van der Waals surface area (Å²) >= 11 is 0. The smallest absolute Gasteiger partial charge is 0.310 e. The standard InChI is InChI=1S/C12H11N3O4/c1-8(14)9(6-13)11(16)7-19-12-5-3-2-4-10(12)15(17)18/h2-5H,7,14H2,1H3/b9-8+. The number of nitro benzene ring substituents is 1. The molecule has 0 heterocycles. The number of nitrogens with zero attached hydrogens (tertiary/aromatic N) is 2. The van der Waals surface area contributed by atoms with E-state index < -0.39 is 17.3 Å². The summed E-state index contributed by atoms with van der Waals surface area (Å²) in [5.74, 6) is -0.659. The van der Waals surface area contributed by atoms with Gasteiger partial charge in [-0.1, -0.05) is 12.1 Å². The fraction of sp³-hybridized carbons (Fsp3) is 0.167. The molecule has 0 spiro atoms. The predicted octanol–water partition coefficient (Wildman–Crippen LogP) is 1.30. The molecule has 98 valence electrons. The van der Waals surface area contributed by atoms with Crippen molar-refractivity contribution < 1.29 is 14.5 Å². The van der Waals surface area contributed by atoms with Crippen LogP contribution in [0.2, 0.25) is 0 Å². The lowest BCUT2D eigenvalue weighted by atomic mass is 10.1. The van der Waals surface area contributed by atoms with Crippen molar-refractivity contribution in [1.29, 1.82) is 5.26 Å². The normalized spacial score (nSPS) is 11.2. The first-order valence-electron chi connectivity index (χ1n) is 5.23. The number of hydrogen-bond donors (Lipinski definition) is 1. The Labute approximate surface area is 109 Å². The maximum Gasteiger partial charge on any atom is 0.310 e. The van der Waals surface area contributed by atoms with Crippen LogP contribution in [-0.2, 0) is 4.79 Å². The Morgan fingerprint density at radius 1 is 1.53 bits per heavy atom. The van der Waals surface area contributed by atoms with Gasteiger partial charge in [-0.25, -0.2) is 0 Å². The van der Waals surface area contributed by atoms with Gasteiger partial charge in [-0.3, -0.25) is 14.9 Å². The number of benzene rings is 1. The van der Waals surface area contributed by atoms with E-state index in [1.54, 1.807) is 12.1 Å². The van der Waals surface area contributed by atoms with E-state index in [2.05, 4.69) is 0 Å². The topological polar surface area (TPSA) is 119 Å². The molecule has 0 atom stereocenters. The fourth-order valence-corrected chi connectivity index (χ4v) is 1.32. The van der Waals surface area contributed by atoms with Gasteiger partial charge in [0, 0.05) is 11.8 Å². The summed E-state index contributed by atoms with van der Waals surface area (Å²) < 4.78 is 5.06. The molecule has 0 aliphatic carbocycles. The fourth-order valence-electron chi connectivity index (χ4n) is 1.32. The molecule has 0 aliphatic rings. The van der Waals surface area contributed by atoms with Gasteiger partial charge in [0.1, 0.15) is 11.6 Å². The number of nitro groups is 1. The molecule has 0 amide bonds. The molecule has 0 saturated heterocycles. The summed E-state index contributed by atoms with van der Waals surface area (Å²) in [5.41, 5.74) is 4.99. The van der Waals surface area contributed by atoms with E-state index in [9.17, 15) is 14.9 Å². The highest BCUT2D eigenvalue weighted by Crippen LogP contribution is 2.25. The zero-order chi connectivity index (χ0) is 14.4. The van der Waals surface area contributed by atoms with Crippen molar-refractivity contribution in [2.75, 3.05) is 6.61 Å². The maximum atomic E-state index is 11.6. The van der Waals surface area contributed by atoms with Gasteiger partial charge in [-0.15, -0.1) is 0 Å². The number of ether oxygens (including phenoxy) is 1. The zero-order valence-electron chi connectivity index (χ0n) is 10.1. The molecule has 0 bridgehead atoms. The molecule has 7 nitrogen and oxygen atoms in total. The second kappa shape index (κ2) is 6.16. The minimum atomic E-state index is -0.624. The van der Waals surface area contributed by atoms with E-state index in [0.29, 0.717) is 0 Å². The van der Waals surface area contributed by atoms with Gasteiger partial charge in [0.05, 0.1) is 4.92 Å². The number of nitriles is 1. The first kappa shape index (κ1) is 14.2. The summed E-state index contributed by atoms with van der Waals surface area (Å²) in [5, 5.41) is 19.5. The number of allylic oxidation sites excluding steroid dienone is 1. The van der Waals surface area contributed by atoms with Crippen molar-refractivity contribution in [3.8, 4) is 11.8 Å². The molecular formula is C12H11N3O4. The van der Waals surface area contributed by atoms with Crippen LogP contribution in [0.15, 0.2) is 35.5 Å². The number of para-hydroxylation sites is 2. The molecule has 0 saturated carbocycles. The zero-order valence-corrected chi connectivity index (χ0v) is 10.1. The Balaban J connectivity index is 2.85. The number of nitrogens with two attached hydrogens (primary N) is 1. The van der Waals surface area contributed by atoms with Crippen LogP contribution in [0.1, 0.15) is 6.92 Å². The summed E-state index contributed by atoms with van der Waals surface area (Å²) in [7, 11) is 0. The molecule has 2 N–H and O–H groups in total. The number of carbonyl (C=O) groups is 1. The van der Waals surface area contributed by atoms with Crippen molar-refractivity contribution in [2.24, 2.45) is 5.73 Å². The highest BCUT2D eigenvalue weighted by Gasteiger charge is 2.17. The first-order chi connectivity index (χ1) is 8.97. The average molecular weight is 261 g/mol. The van der Waals surface area contributed by atoms with Crippen LogP contribution in [-0.4, -0.2) is 17.3 Å². The molecule has 19 heavy (non-hydrogen) atoms. The predicted molar refractivity (Wildman–Crippen MR) is 66.1 cm³/mol. The molecule has 1 aromatic carbocycles. The molecule has 0 radical (unpaired) electrons. The molecule has 0 aromatic heterocycles. The average Bonchev–Trinajstić information content (AvgIpc) is 2.37. The third-order valence-electron chi connectivity index (χ3n) is 2.21. The molecule has 0 aliphatic heterocycles. The number of Topliss-reactive ketones (excluding diaryl/α,β-unsaturated/α-hetero) is 1. The van der Waals surface area contributed by atoms with Gasteiger partial charge in [-0.05, 0) is 13.0 Å². The minimum absolute atomic E-state index is 0.0344. The third-order valence-corrected chi connectivity index (χ3v) is 2.21. The number of carbonyl (C=O) groups excluding carboxylic acids is 1. The Morgan fingerprint density at radius 2 is 2.16 bits per heavy atom. The molecule has 7 heteroatoms. The van der Waals surface area contributed by atoms with Crippen LogP contribution in [0, 0.1) is 21.4 Å². The van der Waals surface area contributed by atoms with Gasteiger partial charge in [0.2, 0.25) is 5.78 Å². The van der Waals surface area contributed by atoms with Crippen molar-refractivity contribution in [3.63, 3.8) is 0 Å². The lowest BCUT2D eigenvalue weighted by Crippen LogP contribution is -2.16. The van der Waals surface area contributed by atoms with Crippen LogP contribution in [0.4, 0.5) is 5.69 Å².